The zero-order chi connectivity index (χ0) is 9.68. The van der Waals surface area contributed by atoms with E-state index in [-0.39, 0.29) is 0 Å². The van der Waals surface area contributed by atoms with Crippen LogP contribution in [0.4, 0.5) is 0 Å². The monoisotopic (exact) mass is 182 g/mol. The Hall–Kier alpha value is -0.900. The van der Waals surface area contributed by atoms with Gasteiger partial charge < -0.3 is 14.9 Å². The standard InChI is InChI=1S/C10H14O3/c1-2-13-9(10(11)12)8-6-4-3-5-7-8/h3-7,9-12H,2H2,1H3/t9-/m1/s1. The second-order valence-corrected chi connectivity index (χ2v) is 2.70. The van der Waals surface area contributed by atoms with Crippen molar-refractivity contribution in [1.82, 2.24) is 0 Å². The van der Waals surface area contributed by atoms with Crippen LogP contribution in [0, 0.1) is 0 Å². The molecular formula is C10H14O3. The van der Waals surface area contributed by atoms with Crippen molar-refractivity contribution in [2.75, 3.05) is 6.61 Å². The molecule has 3 heteroatoms. The Morgan fingerprint density at radius 2 is 1.85 bits per heavy atom. The highest BCUT2D eigenvalue weighted by atomic mass is 16.5. The number of rotatable bonds is 4. The van der Waals surface area contributed by atoms with Gasteiger partial charge >= 0.3 is 0 Å². The molecule has 0 unspecified atom stereocenters. The highest BCUT2D eigenvalue weighted by Crippen LogP contribution is 2.19. The molecule has 0 aliphatic rings. The minimum absolute atomic E-state index is 0.456. The molecule has 2 N–H and O–H groups in total. The Bertz CT molecular complexity index is 233. The molecule has 0 heterocycles. The third-order valence-electron chi connectivity index (χ3n) is 1.75. The molecule has 0 fully saturated rings. The van der Waals surface area contributed by atoms with E-state index < -0.39 is 12.4 Å². The maximum Gasteiger partial charge on any atom is 0.182 e. The summed E-state index contributed by atoms with van der Waals surface area (Å²) in [4.78, 5) is 0. The number of ether oxygens (including phenoxy) is 1. The van der Waals surface area contributed by atoms with Crippen LogP contribution in [0.2, 0.25) is 0 Å². The minimum atomic E-state index is -1.47. The second-order valence-electron chi connectivity index (χ2n) is 2.70. The molecule has 0 aliphatic heterocycles. The van der Waals surface area contributed by atoms with E-state index in [9.17, 15) is 0 Å². The average molecular weight is 182 g/mol. The molecular weight excluding hydrogens is 168 g/mol. The first-order valence-corrected chi connectivity index (χ1v) is 4.28. The van der Waals surface area contributed by atoms with Gasteiger partial charge in [-0.2, -0.15) is 0 Å². The van der Waals surface area contributed by atoms with Crippen LogP contribution < -0.4 is 0 Å². The van der Waals surface area contributed by atoms with Gasteiger partial charge in [0.05, 0.1) is 0 Å². The summed E-state index contributed by atoms with van der Waals surface area (Å²) in [5, 5.41) is 18.1. The lowest BCUT2D eigenvalue weighted by molar-refractivity contribution is -0.146. The highest BCUT2D eigenvalue weighted by Gasteiger charge is 2.18. The van der Waals surface area contributed by atoms with Gasteiger partial charge in [0, 0.05) is 6.61 Å². The summed E-state index contributed by atoms with van der Waals surface area (Å²) >= 11 is 0. The normalized spacial score (nSPS) is 13.2. The van der Waals surface area contributed by atoms with E-state index in [0.29, 0.717) is 6.61 Å². The Kier molecular flexibility index (Phi) is 3.89. The van der Waals surface area contributed by atoms with Crippen molar-refractivity contribution in [3.63, 3.8) is 0 Å². The predicted molar refractivity (Wildman–Crippen MR) is 49.0 cm³/mol. The van der Waals surface area contributed by atoms with Gasteiger partial charge in [-0.3, -0.25) is 0 Å². The van der Waals surface area contributed by atoms with E-state index >= 15 is 0 Å². The summed E-state index contributed by atoms with van der Waals surface area (Å²) in [5.41, 5.74) is 0.777. The molecule has 3 nitrogen and oxygen atoms in total. The summed E-state index contributed by atoms with van der Waals surface area (Å²) < 4.78 is 5.19. The predicted octanol–water partition coefficient (Wildman–Crippen LogP) is 1.07. The highest BCUT2D eigenvalue weighted by molar-refractivity contribution is 5.17. The van der Waals surface area contributed by atoms with E-state index in [1.807, 2.05) is 25.1 Å². The molecule has 0 spiro atoms. The Morgan fingerprint density at radius 3 is 2.31 bits per heavy atom. The molecule has 13 heavy (non-hydrogen) atoms. The number of hydrogen-bond acceptors (Lipinski definition) is 3. The molecule has 0 saturated carbocycles. The van der Waals surface area contributed by atoms with Gasteiger partial charge in [0.2, 0.25) is 0 Å². The lowest BCUT2D eigenvalue weighted by atomic mass is 10.1. The molecule has 0 saturated heterocycles. The first-order chi connectivity index (χ1) is 6.25. The van der Waals surface area contributed by atoms with Crippen LogP contribution in [0.1, 0.15) is 18.6 Å². The third-order valence-corrected chi connectivity index (χ3v) is 1.75. The number of aliphatic hydroxyl groups is 2. The molecule has 1 rings (SSSR count). The summed E-state index contributed by atoms with van der Waals surface area (Å²) in [6.07, 6.45) is -2.12. The van der Waals surface area contributed by atoms with E-state index in [2.05, 4.69) is 0 Å². The van der Waals surface area contributed by atoms with Crippen LogP contribution in [0.3, 0.4) is 0 Å². The maximum absolute atomic E-state index is 9.03. The van der Waals surface area contributed by atoms with Crippen molar-refractivity contribution < 1.29 is 14.9 Å². The quantitative estimate of drug-likeness (QED) is 0.685. The zero-order valence-electron chi connectivity index (χ0n) is 7.55. The Labute approximate surface area is 77.6 Å². The smallest absolute Gasteiger partial charge is 0.182 e. The first kappa shape index (κ1) is 10.2. The van der Waals surface area contributed by atoms with Crippen molar-refractivity contribution in [2.24, 2.45) is 0 Å². The number of benzene rings is 1. The van der Waals surface area contributed by atoms with E-state index in [1.165, 1.54) is 0 Å². The number of aliphatic hydroxyl groups excluding tert-OH is 1. The van der Waals surface area contributed by atoms with Crippen molar-refractivity contribution in [1.29, 1.82) is 0 Å². The fourth-order valence-corrected chi connectivity index (χ4v) is 1.18. The van der Waals surface area contributed by atoms with Gasteiger partial charge in [-0.15, -0.1) is 0 Å². The lowest BCUT2D eigenvalue weighted by Crippen LogP contribution is -2.20. The lowest BCUT2D eigenvalue weighted by Gasteiger charge is -2.18. The Balaban J connectivity index is 2.76. The minimum Gasteiger partial charge on any atom is -0.368 e. The SMILES string of the molecule is CCO[C@H](c1ccccc1)C(O)O. The van der Waals surface area contributed by atoms with Crippen molar-refractivity contribution >= 4 is 0 Å². The summed E-state index contributed by atoms with van der Waals surface area (Å²) in [7, 11) is 0. The van der Waals surface area contributed by atoms with E-state index in [0.717, 1.165) is 5.56 Å². The number of hydrogen-bond donors (Lipinski definition) is 2. The second kappa shape index (κ2) is 4.97. The molecule has 0 bridgehead atoms. The zero-order valence-corrected chi connectivity index (χ0v) is 7.55. The van der Waals surface area contributed by atoms with E-state index in [4.69, 9.17) is 14.9 Å². The van der Waals surface area contributed by atoms with Gasteiger partial charge in [0.15, 0.2) is 6.29 Å². The fraction of sp³-hybridized carbons (Fsp3) is 0.400. The van der Waals surface area contributed by atoms with Gasteiger partial charge in [0.1, 0.15) is 6.10 Å². The van der Waals surface area contributed by atoms with Crippen LogP contribution in [0.25, 0.3) is 0 Å². The molecule has 1 atom stereocenters. The fourth-order valence-electron chi connectivity index (χ4n) is 1.18. The maximum atomic E-state index is 9.03. The third kappa shape index (κ3) is 2.81. The molecule has 0 aromatic heterocycles. The topological polar surface area (TPSA) is 49.7 Å². The summed E-state index contributed by atoms with van der Waals surface area (Å²) in [6, 6.07) is 9.16. The Morgan fingerprint density at radius 1 is 1.23 bits per heavy atom. The van der Waals surface area contributed by atoms with Crippen molar-refractivity contribution in [3.05, 3.63) is 35.9 Å². The molecule has 0 radical (unpaired) electrons. The van der Waals surface area contributed by atoms with Crippen LogP contribution >= 0.6 is 0 Å². The van der Waals surface area contributed by atoms with Crippen LogP contribution in [0.5, 0.6) is 0 Å². The van der Waals surface area contributed by atoms with Crippen LogP contribution in [-0.4, -0.2) is 23.1 Å². The van der Waals surface area contributed by atoms with Gasteiger partial charge in [-0.1, -0.05) is 30.3 Å². The molecule has 72 valence electrons. The van der Waals surface area contributed by atoms with Gasteiger partial charge in [0.25, 0.3) is 0 Å². The summed E-state index contributed by atoms with van der Waals surface area (Å²) in [5.74, 6) is 0. The van der Waals surface area contributed by atoms with Crippen molar-refractivity contribution in [3.8, 4) is 0 Å². The van der Waals surface area contributed by atoms with Crippen molar-refractivity contribution in [2.45, 2.75) is 19.3 Å². The van der Waals surface area contributed by atoms with Crippen LogP contribution in [0.15, 0.2) is 30.3 Å². The molecule has 1 aromatic carbocycles. The average Bonchev–Trinajstić information content (AvgIpc) is 2.15. The summed E-state index contributed by atoms with van der Waals surface area (Å²) in [6.45, 7) is 2.27. The van der Waals surface area contributed by atoms with E-state index in [1.54, 1.807) is 12.1 Å². The molecule has 1 aromatic rings. The largest absolute Gasteiger partial charge is 0.368 e. The molecule has 0 aliphatic carbocycles. The van der Waals surface area contributed by atoms with Crippen LogP contribution in [-0.2, 0) is 4.74 Å². The van der Waals surface area contributed by atoms with Gasteiger partial charge in [-0.05, 0) is 12.5 Å². The van der Waals surface area contributed by atoms with Gasteiger partial charge in [-0.25, -0.2) is 0 Å². The molecule has 0 amide bonds. The first-order valence-electron chi connectivity index (χ1n) is 4.28.